The first-order valence-electron chi connectivity index (χ1n) is 7.67. The molecule has 5 nitrogen and oxygen atoms in total. The lowest BCUT2D eigenvalue weighted by atomic mass is 10.1. The van der Waals surface area contributed by atoms with E-state index in [0.717, 1.165) is 30.4 Å². The van der Waals surface area contributed by atoms with Gasteiger partial charge in [-0.05, 0) is 38.3 Å². The Hall–Kier alpha value is -2.43. The Labute approximate surface area is 130 Å². The highest BCUT2D eigenvalue weighted by Gasteiger charge is 2.12. The van der Waals surface area contributed by atoms with Crippen molar-refractivity contribution >= 4 is 23.1 Å². The molecule has 0 atom stereocenters. The molecule has 5 heteroatoms. The fraction of sp³-hybridized carbons (Fsp3) is 0.353. The SMILES string of the molecule is CC(=O)c1cccc(Nc2cc(N3CCCCC3)ncn2)c1. The highest BCUT2D eigenvalue weighted by Crippen LogP contribution is 2.22. The predicted molar refractivity (Wildman–Crippen MR) is 87.8 cm³/mol. The maximum absolute atomic E-state index is 11.5. The van der Waals surface area contributed by atoms with Crippen LogP contribution in [0.15, 0.2) is 36.7 Å². The summed E-state index contributed by atoms with van der Waals surface area (Å²) < 4.78 is 0. The number of carbonyl (C=O) groups excluding carboxylic acids is 1. The topological polar surface area (TPSA) is 58.1 Å². The van der Waals surface area contributed by atoms with Gasteiger partial charge in [0.25, 0.3) is 0 Å². The highest BCUT2D eigenvalue weighted by atomic mass is 16.1. The van der Waals surface area contributed by atoms with Gasteiger partial charge in [0.2, 0.25) is 0 Å². The number of benzene rings is 1. The summed E-state index contributed by atoms with van der Waals surface area (Å²) in [7, 11) is 0. The minimum absolute atomic E-state index is 0.0559. The normalized spacial score (nSPS) is 14.7. The Balaban J connectivity index is 1.77. The second-order valence-corrected chi connectivity index (χ2v) is 5.57. The van der Waals surface area contributed by atoms with Crippen molar-refractivity contribution in [3.05, 3.63) is 42.2 Å². The summed E-state index contributed by atoms with van der Waals surface area (Å²) in [6, 6.07) is 9.41. The molecule has 1 aliphatic rings. The van der Waals surface area contributed by atoms with Crippen molar-refractivity contribution in [1.82, 2.24) is 9.97 Å². The van der Waals surface area contributed by atoms with Crippen LogP contribution in [0.25, 0.3) is 0 Å². The summed E-state index contributed by atoms with van der Waals surface area (Å²) >= 11 is 0. The number of hydrogen-bond acceptors (Lipinski definition) is 5. The highest BCUT2D eigenvalue weighted by molar-refractivity contribution is 5.95. The number of piperidine rings is 1. The lowest BCUT2D eigenvalue weighted by Gasteiger charge is -2.27. The molecule has 3 rings (SSSR count). The molecule has 0 spiro atoms. The fourth-order valence-corrected chi connectivity index (χ4v) is 2.68. The molecular weight excluding hydrogens is 276 g/mol. The predicted octanol–water partition coefficient (Wildman–Crippen LogP) is 3.41. The molecule has 1 saturated heterocycles. The molecule has 1 fully saturated rings. The zero-order chi connectivity index (χ0) is 15.4. The Kier molecular flexibility index (Phi) is 4.32. The maximum atomic E-state index is 11.5. The summed E-state index contributed by atoms with van der Waals surface area (Å²) in [4.78, 5) is 22.4. The first-order valence-corrected chi connectivity index (χ1v) is 7.67. The number of nitrogens with one attached hydrogen (secondary N) is 1. The first kappa shape index (κ1) is 14.5. The van der Waals surface area contributed by atoms with Crippen molar-refractivity contribution in [3.63, 3.8) is 0 Å². The van der Waals surface area contributed by atoms with E-state index in [2.05, 4.69) is 20.2 Å². The van der Waals surface area contributed by atoms with Gasteiger partial charge in [-0.2, -0.15) is 0 Å². The molecule has 1 N–H and O–H groups in total. The second-order valence-electron chi connectivity index (χ2n) is 5.57. The van der Waals surface area contributed by atoms with Gasteiger partial charge in [0.05, 0.1) is 0 Å². The molecule has 0 saturated carbocycles. The van der Waals surface area contributed by atoms with Gasteiger partial charge >= 0.3 is 0 Å². The van der Waals surface area contributed by atoms with Crippen molar-refractivity contribution in [2.45, 2.75) is 26.2 Å². The van der Waals surface area contributed by atoms with E-state index < -0.39 is 0 Å². The average molecular weight is 296 g/mol. The third-order valence-electron chi connectivity index (χ3n) is 3.87. The van der Waals surface area contributed by atoms with Crippen LogP contribution in [0.2, 0.25) is 0 Å². The minimum Gasteiger partial charge on any atom is -0.356 e. The van der Waals surface area contributed by atoms with E-state index >= 15 is 0 Å². The summed E-state index contributed by atoms with van der Waals surface area (Å²) in [5, 5.41) is 3.25. The molecule has 2 heterocycles. The smallest absolute Gasteiger partial charge is 0.159 e. The molecular formula is C17H20N4O. The van der Waals surface area contributed by atoms with Gasteiger partial charge in [-0.15, -0.1) is 0 Å². The largest absolute Gasteiger partial charge is 0.356 e. The van der Waals surface area contributed by atoms with Crippen LogP contribution in [0.1, 0.15) is 36.5 Å². The average Bonchev–Trinajstić information content (AvgIpc) is 2.56. The third kappa shape index (κ3) is 3.42. The van der Waals surface area contributed by atoms with E-state index in [9.17, 15) is 4.79 Å². The lowest BCUT2D eigenvalue weighted by molar-refractivity contribution is 0.101. The summed E-state index contributed by atoms with van der Waals surface area (Å²) in [6.45, 7) is 3.67. The van der Waals surface area contributed by atoms with Crippen molar-refractivity contribution in [2.75, 3.05) is 23.3 Å². The van der Waals surface area contributed by atoms with E-state index in [4.69, 9.17) is 0 Å². The summed E-state index contributed by atoms with van der Waals surface area (Å²) in [6.07, 6.45) is 5.31. The third-order valence-corrected chi connectivity index (χ3v) is 3.87. The zero-order valence-electron chi connectivity index (χ0n) is 12.7. The number of ketones is 1. The Morgan fingerprint density at radius 1 is 1.14 bits per heavy atom. The van der Waals surface area contributed by atoms with Crippen LogP contribution in [0.3, 0.4) is 0 Å². The Bertz CT molecular complexity index is 665. The van der Waals surface area contributed by atoms with Gasteiger partial charge in [0.1, 0.15) is 18.0 Å². The quantitative estimate of drug-likeness (QED) is 0.876. The Morgan fingerprint density at radius 3 is 2.73 bits per heavy atom. The number of carbonyl (C=O) groups is 1. The van der Waals surface area contributed by atoms with Gasteiger partial charge in [-0.25, -0.2) is 9.97 Å². The molecule has 0 bridgehead atoms. The van der Waals surface area contributed by atoms with E-state index in [1.807, 2.05) is 30.3 Å². The van der Waals surface area contributed by atoms with Crippen LogP contribution in [0, 0.1) is 0 Å². The number of nitrogens with zero attached hydrogens (tertiary/aromatic N) is 3. The molecule has 0 amide bonds. The fourth-order valence-electron chi connectivity index (χ4n) is 2.68. The van der Waals surface area contributed by atoms with Gasteiger partial charge < -0.3 is 10.2 Å². The van der Waals surface area contributed by atoms with Crippen molar-refractivity contribution < 1.29 is 4.79 Å². The molecule has 114 valence electrons. The van der Waals surface area contributed by atoms with Crippen LogP contribution in [-0.4, -0.2) is 28.8 Å². The molecule has 0 aliphatic carbocycles. The number of Topliss-reactive ketones (excluding diaryl/α,β-unsaturated/α-hetero) is 1. The van der Waals surface area contributed by atoms with Crippen LogP contribution < -0.4 is 10.2 Å². The zero-order valence-corrected chi connectivity index (χ0v) is 12.7. The molecule has 1 aromatic carbocycles. The van der Waals surface area contributed by atoms with Crippen LogP contribution >= 0.6 is 0 Å². The standard InChI is InChI=1S/C17H20N4O/c1-13(22)14-6-5-7-15(10-14)20-16-11-17(19-12-18-16)21-8-3-2-4-9-21/h5-7,10-12H,2-4,8-9H2,1H3,(H,18,19,20). The molecule has 2 aromatic rings. The van der Waals surface area contributed by atoms with E-state index in [1.165, 1.54) is 19.3 Å². The van der Waals surface area contributed by atoms with Gasteiger partial charge in [-0.3, -0.25) is 4.79 Å². The number of hydrogen-bond donors (Lipinski definition) is 1. The molecule has 0 unspecified atom stereocenters. The molecule has 0 radical (unpaired) electrons. The first-order chi connectivity index (χ1) is 10.7. The van der Waals surface area contributed by atoms with Gasteiger partial charge in [0.15, 0.2) is 5.78 Å². The number of rotatable bonds is 4. The van der Waals surface area contributed by atoms with Crippen molar-refractivity contribution in [2.24, 2.45) is 0 Å². The number of aromatic nitrogens is 2. The van der Waals surface area contributed by atoms with Crippen LogP contribution in [0.4, 0.5) is 17.3 Å². The van der Waals surface area contributed by atoms with Crippen LogP contribution in [-0.2, 0) is 0 Å². The number of anilines is 3. The van der Waals surface area contributed by atoms with Crippen molar-refractivity contribution in [1.29, 1.82) is 0 Å². The van der Waals surface area contributed by atoms with E-state index in [0.29, 0.717) is 5.56 Å². The van der Waals surface area contributed by atoms with Crippen LogP contribution in [0.5, 0.6) is 0 Å². The Morgan fingerprint density at radius 2 is 1.95 bits per heavy atom. The van der Waals surface area contributed by atoms with E-state index in [1.54, 1.807) is 13.3 Å². The van der Waals surface area contributed by atoms with Gasteiger partial charge in [-0.1, -0.05) is 12.1 Å². The summed E-state index contributed by atoms with van der Waals surface area (Å²) in [5.74, 6) is 1.76. The van der Waals surface area contributed by atoms with E-state index in [-0.39, 0.29) is 5.78 Å². The summed E-state index contributed by atoms with van der Waals surface area (Å²) in [5.41, 5.74) is 1.55. The minimum atomic E-state index is 0.0559. The lowest BCUT2D eigenvalue weighted by Crippen LogP contribution is -2.30. The maximum Gasteiger partial charge on any atom is 0.159 e. The van der Waals surface area contributed by atoms with Crippen molar-refractivity contribution in [3.8, 4) is 0 Å². The molecule has 22 heavy (non-hydrogen) atoms. The molecule has 1 aromatic heterocycles. The monoisotopic (exact) mass is 296 g/mol. The second kappa shape index (κ2) is 6.56. The molecule has 1 aliphatic heterocycles. The van der Waals surface area contributed by atoms with Gasteiger partial charge in [0, 0.05) is 30.4 Å².